The zero-order valence-corrected chi connectivity index (χ0v) is 20.0. The fraction of sp³-hybridized carbons (Fsp3) is 0.273. The van der Waals surface area contributed by atoms with Crippen molar-refractivity contribution in [2.75, 3.05) is 38.1 Å². The molecule has 162 valence electrons. The number of anilines is 1. The van der Waals surface area contributed by atoms with Crippen molar-refractivity contribution in [3.8, 4) is 5.75 Å². The molecule has 0 saturated carbocycles. The molecule has 0 bridgehead atoms. The van der Waals surface area contributed by atoms with Gasteiger partial charge in [0.25, 0.3) is 5.91 Å². The number of halogens is 2. The number of rotatable bonds is 4. The molecule has 1 aliphatic rings. The van der Waals surface area contributed by atoms with Crippen LogP contribution in [0.2, 0.25) is 10.0 Å². The second kappa shape index (κ2) is 9.61. The van der Waals surface area contributed by atoms with Gasteiger partial charge in [0.2, 0.25) is 0 Å². The van der Waals surface area contributed by atoms with E-state index in [1.54, 1.807) is 6.07 Å². The summed E-state index contributed by atoms with van der Waals surface area (Å²) in [5.74, 6) is 0.778. The molecule has 1 N–H and O–H groups in total. The molecule has 0 spiro atoms. The van der Waals surface area contributed by atoms with Crippen molar-refractivity contribution in [2.24, 2.45) is 0 Å². The fourth-order valence-corrected chi connectivity index (χ4v) is 5.49. The largest absolute Gasteiger partial charge is 0.494 e. The van der Waals surface area contributed by atoms with Gasteiger partial charge in [-0.15, -0.1) is 11.3 Å². The van der Waals surface area contributed by atoms with Crippen LogP contribution >= 0.6 is 46.8 Å². The molecule has 1 aromatic heterocycles. The van der Waals surface area contributed by atoms with Gasteiger partial charge in [0.05, 0.1) is 11.6 Å². The van der Waals surface area contributed by atoms with Crippen molar-refractivity contribution in [3.05, 3.63) is 57.4 Å². The lowest BCUT2D eigenvalue weighted by Gasteiger charge is -2.36. The standard InChI is InChI=1S/C22H21Cl2N3O2S2/c1-2-29-16-6-4-15(5-7-16)25-22(30)27-11-9-26(10-12-27)21(28)20-19(24)17-8-3-14(23)13-18(17)31-20/h3-8,13H,2,9-12H2,1H3,(H,25,30). The van der Waals surface area contributed by atoms with Crippen LogP contribution in [0.4, 0.5) is 5.69 Å². The topological polar surface area (TPSA) is 44.8 Å². The average molecular weight is 494 g/mol. The summed E-state index contributed by atoms with van der Waals surface area (Å²) in [7, 11) is 0. The monoisotopic (exact) mass is 493 g/mol. The van der Waals surface area contributed by atoms with E-state index in [0.717, 1.165) is 21.5 Å². The number of amides is 1. The summed E-state index contributed by atoms with van der Waals surface area (Å²) in [6.45, 7) is 5.06. The third kappa shape index (κ3) is 4.90. The Bertz CT molecular complexity index is 1110. The predicted octanol–water partition coefficient (Wildman–Crippen LogP) is 5.76. The van der Waals surface area contributed by atoms with Gasteiger partial charge in [-0.25, -0.2) is 0 Å². The lowest BCUT2D eigenvalue weighted by atomic mass is 10.2. The zero-order valence-electron chi connectivity index (χ0n) is 16.9. The van der Waals surface area contributed by atoms with E-state index in [9.17, 15) is 4.79 Å². The normalized spacial score (nSPS) is 14.0. The predicted molar refractivity (Wildman–Crippen MR) is 133 cm³/mol. The third-order valence-corrected chi connectivity index (χ3v) is 7.30. The molecule has 31 heavy (non-hydrogen) atoms. The fourth-order valence-electron chi connectivity index (χ4n) is 3.44. The van der Waals surface area contributed by atoms with Crippen molar-refractivity contribution in [1.29, 1.82) is 0 Å². The molecule has 1 fully saturated rings. The SMILES string of the molecule is CCOc1ccc(NC(=S)N2CCN(C(=O)c3sc4cc(Cl)ccc4c3Cl)CC2)cc1. The lowest BCUT2D eigenvalue weighted by molar-refractivity contribution is 0.0698. The molecule has 0 aliphatic carbocycles. The Labute approximate surface area is 200 Å². The number of hydrogen-bond donors (Lipinski definition) is 1. The minimum Gasteiger partial charge on any atom is -0.494 e. The van der Waals surface area contributed by atoms with Crippen LogP contribution in [0.5, 0.6) is 5.75 Å². The summed E-state index contributed by atoms with van der Waals surface area (Å²) in [5, 5.41) is 5.89. The molecule has 9 heteroatoms. The summed E-state index contributed by atoms with van der Waals surface area (Å²) in [6, 6.07) is 13.2. The second-order valence-corrected chi connectivity index (χ2v) is 9.31. The Morgan fingerprint density at radius 3 is 2.45 bits per heavy atom. The number of thiophene rings is 1. The van der Waals surface area contributed by atoms with Gasteiger partial charge >= 0.3 is 0 Å². The van der Waals surface area contributed by atoms with E-state index in [-0.39, 0.29) is 5.91 Å². The molecular weight excluding hydrogens is 473 g/mol. The number of ether oxygens (including phenoxy) is 1. The van der Waals surface area contributed by atoms with Gasteiger partial charge in [-0.05, 0) is 55.5 Å². The van der Waals surface area contributed by atoms with Crippen molar-refractivity contribution in [3.63, 3.8) is 0 Å². The first-order chi connectivity index (χ1) is 15.0. The summed E-state index contributed by atoms with van der Waals surface area (Å²) < 4.78 is 6.38. The number of fused-ring (bicyclic) bond motifs is 1. The van der Waals surface area contributed by atoms with Crippen LogP contribution in [0.25, 0.3) is 10.1 Å². The van der Waals surface area contributed by atoms with Crippen LogP contribution in [0.3, 0.4) is 0 Å². The molecule has 5 nitrogen and oxygen atoms in total. The maximum atomic E-state index is 13.1. The van der Waals surface area contributed by atoms with Gasteiger partial charge in [-0.1, -0.05) is 29.3 Å². The smallest absolute Gasteiger partial charge is 0.265 e. The molecular formula is C22H21Cl2N3O2S2. The Hall–Kier alpha value is -2.06. The molecule has 2 aromatic carbocycles. The zero-order chi connectivity index (χ0) is 22.0. The minimum absolute atomic E-state index is 0.0487. The molecule has 1 saturated heterocycles. The van der Waals surface area contributed by atoms with Crippen molar-refractivity contribution < 1.29 is 9.53 Å². The minimum atomic E-state index is -0.0487. The van der Waals surface area contributed by atoms with Crippen LogP contribution in [-0.2, 0) is 0 Å². The average Bonchev–Trinajstić information content (AvgIpc) is 3.10. The van der Waals surface area contributed by atoms with E-state index in [2.05, 4.69) is 10.2 Å². The first kappa shape index (κ1) is 22.1. The van der Waals surface area contributed by atoms with E-state index < -0.39 is 0 Å². The molecule has 0 atom stereocenters. The van der Waals surface area contributed by atoms with E-state index in [0.29, 0.717) is 52.8 Å². The van der Waals surface area contributed by atoms with Gasteiger partial charge in [0.1, 0.15) is 10.6 Å². The number of carbonyl (C=O) groups is 1. The number of benzene rings is 2. The highest BCUT2D eigenvalue weighted by atomic mass is 35.5. The highest BCUT2D eigenvalue weighted by Crippen LogP contribution is 2.37. The molecule has 0 unspecified atom stereocenters. The van der Waals surface area contributed by atoms with Gasteiger partial charge < -0.3 is 19.9 Å². The molecule has 4 rings (SSSR count). The van der Waals surface area contributed by atoms with E-state index >= 15 is 0 Å². The van der Waals surface area contributed by atoms with Gasteiger partial charge in [-0.3, -0.25) is 4.79 Å². The first-order valence-corrected chi connectivity index (χ1v) is 11.9. The number of nitrogens with zero attached hydrogens (tertiary/aromatic N) is 2. The lowest BCUT2D eigenvalue weighted by Crippen LogP contribution is -2.51. The molecule has 2 heterocycles. The molecule has 3 aromatic rings. The van der Waals surface area contributed by atoms with Crippen molar-refractivity contribution in [1.82, 2.24) is 9.80 Å². The van der Waals surface area contributed by atoms with Gasteiger partial charge in [-0.2, -0.15) is 0 Å². The Balaban J connectivity index is 1.36. The summed E-state index contributed by atoms with van der Waals surface area (Å²) in [5.41, 5.74) is 0.905. The summed E-state index contributed by atoms with van der Waals surface area (Å²) in [4.78, 5) is 17.5. The first-order valence-electron chi connectivity index (χ1n) is 9.92. The molecule has 1 aliphatic heterocycles. The van der Waals surface area contributed by atoms with Crippen LogP contribution < -0.4 is 10.1 Å². The van der Waals surface area contributed by atoms with E-state index in [1.807, 2.05) is 48.2 Å². The Kier molecular flexibility index (Phi) is 6.86. The molecule has 0 radical (unpaired) electrons. The maximum absolute atomic E-state index is 13.1. The highest BCUT2D eigenvalue weighted by Gasteiger charge is 2.27. The van der Waals surface area contributed by atoms with Crippen LogP contribution in [0.15, 0.2) is 42.5 Å². The van der Waals surface area contributed by atoms with Crippen LogP contribution in [-0.4, -0.2) is 53.6 Å². The highest BCUT2D eigenvalue weighted by molar-refractivity contribution is 7.80. The van der Waals surface area contributed by atoms with E-state index in [4.69, 9.17) is 40.2 Å². The third-order valence-electron chi connectivity index (χ3n) is 5.06. The number of carbonyl (C=O) groups excluding carboxylic acids is 1. The number of hydrogen-bond acceptors (Lipinski definition) is 4. The molecule has 1 amide bonds. The van der Waals surface area contributed by atoms with Crippen molar-refractivity contribution >= 4 is 73.5 Å². The number of nitrogens with one attached hydrogen (secondary N) is 1. The summed E-state index contributed by atoms with van der Waals surface area (Å²) >= 11 is 19.5. The number of piperazine rings is 1. The van der Waals surface area contributed by atoms with Crippen molar-refractivity contribution in [2.45, 2.75) is 6.92 Å². The van der Waals surface area contributed by atoms with Gasteiger partial charge in [0, 0.05) is 47.0 Å². The van der Waals surface area contributed by atoms with E-state index in [1.165, 1.54) is 11.3 Å². The number of thiocarbonyl (C=S) groups is 1. The Morgan fingerprint density at radius 1 is 1.10 bits per heavy atom. The van der Waals surface area contributed by atoms with Gasteiger partial charge in [0.15, 0.2) is 5.11 Å². The maximum Gasteiger partial charge on any atom is 0.265 e. The van der Waals surface area contributed by atoms with Crippen LogP contribution in [0.1, 0.15) is 16.6 Å². The Morgan fingerprint density at radius 2 is 1.77 bits per heavy atom. The quantitative estimate of drug-likeness (QED) is 0.467. The second-order valence-electron chi connectivity index (χ2n) is 7.05. The van der Waals surface area contributed by atoms with Crippen LogP contribution in [0, 0.1) is 0 Å². The summed E-state index contributed by atoms with van der Waals surface area (Å²) in [6.07, 6.45) is 0.